The molecule has 1 aromatic carbocycles. The van der Waals surface area contributed by atoms with Gasteiger partial charge in [0.15, 0.2) is 5.60 Å². The van der Waals surface area contributed by atoms with Crippen molar-refractivity contribution >= 4 is 0 Å². The van der Waals surface area contributed by atoms with E-state index in [1.807, 2.05) is 41.1 Å². The smallest absolute Gasteiger partial charge is 0.197 e. The minimum Gasteiger partial charge on any atom is -0.351 e. The van der Waals surface area contributed by atoms with E-state index in [9.17, 15) is 5.26 Å². The first-order valence-corrected chi connectivity index (χ1v) is 7.43. The third kappa shape index (κ3) is 2.98. The fourth-order valence-electron chi connectivity index (χ4n) is 2.96. The third-order valence-electron chi connectivity index (χ3n) is 4.06. The maximum absolute atomic E-state index is 9.88. The summed E-state index contributed by atoms with van der Waals surface area (Å²) in [4.78, 5) is 4.06. The average Bonchev–Trinajstić information content (AvgIpc) is 3.21. The molecule has 108 valence electrons. The lowest BCUT2D eigenvalue weighted by Crippen LogP contribution is -2.36. The van der Waals surface area contributed by atoms with Gasteiger partial charge in [-0.15, -0.1) is 0 Å². The maximum atomic E-state index is 9.88. The van der Waals surface area contributed by atoms with E-state index in [0.29, 0.717) is 6.54 Å². The normalized spacial score (nSPS) is 18.2. The number of rotatable bonds is 5. The van der Waals surface area contributed by atoms with E-state index >= 15 is 0 Å². The van der Waals surface area contributed by atoms with Crippen molar-refractivity contribution in [3.05, 3.63) is 54.6 Å². The number of hydrogen-bond acceptors (Lipinski definition) is 3. The summed E-state index contributed by atoms with van der Waals surface area (Å²) in [5.74, 6) is 0. The summed E-state index contributed by atoms with van der Waals surface area (Å²) in [5.41, 5.74) is -0.0372. The summed E-state index contributed by atoms with van der Waals surface area (Å²) in [6.45, 7) is 0.462. The fourth-order valence-corrected chi connectivity index (χ4v) is 2.96. The molecule has 1 aromatic heterocycles. The molecule has 1 saturated carbocycles. The number of benzene rings is 1. The van der Waals surface area contributed by atoms with Crippen LogP contribution in [0.25, 0.3) is 0 Å². The average molecular weight is 281 g/mol. The Balaban J connectivity index is 1.93. The topological polar surface area (TPSA) is 50.8 Å². The summed E-state index contributed by atoms with van der Waals surface area (Å²) in [5, 5.41) is 9.88. The monoisotopic (exact) mass is 281 g/mol. The molecule has 21 heavy (non-hydrogen) atoms. The van der Waals surface area contributed by atoms with Gasteiger partial charge in [-0.05, 0) is 18.4 Å². The number of imidazole rings is 1. The Kier molecular flexibility index (Phi) is 4.03. The highest BCUT2D eigenvalue weighted by atomic mass is 16.5. The van der Waals surface area contributed by atoms with Crippen LogP contribution in [-0.4, -0.2) is 15.7 Å². The lowest BCUT2D eigenvalue weighted by molar-refractivity contribution is -0.0691. The van der Waals surface area contributed by atoms with Crippen molar-refractivity contribution in [1.82, 2.24) is 9.55 Å². The highest BCUT2D eigenvalue weighted by Gasteiger charge is 2.37. The SMILES string of the molecule is N#CC(Cn1ccnc1)(OC1CCCC1)c1ccccc1. The van der Waals surface area contributed by atoms with Gasteiger partial charge in [-0.3, -0.25) is 0 Å². The number of aromatic nitrogens is 2. The number of nitrogens with zero attached hydrogens (tertiary/aromatic N) is 3. The second-order valence-corrected chi connectivity index (χ2v) is 5.56. The van der Waals surface area contributed by atoms with Crippen LogP contribution in [0.15, 0.2) is 49.1 Å². The molecule has 1 aliphatic carbocycles. The van der Waals surface area contributed by atoms with E-state index in [1.165, 1.54) is 12.8 Å². The van der Waals surface area contributed by atoms with Crippen LogP contribution in [0.5, 0.6) is 0 Å². The number of ether oxygens (including phenoxy) is 1. The second-order valence-electron chi connectivity index (χ2n) is 5.56. The van der Waals surface area contributed by atoms with E-state index in [2.05, 4.69) is 11.1 Å². The molecular formula is C17H19N3O. The van der Waals surface area contributed by atoms with E-state index < -0.39 is 5.60 Å². The summed E-state index contributed by atoms with van der Waals surface area (Å²) in [6, 6.07) is 12.2. The highest BCUT2D eigenvalue weighted by Crippen LogP contribution is 2.33. The van der Waals surface area contributed by atoms with Gasteiger partial charge in [0.2, 0.25) is 0 Å². The van der Waals surface area contributed by atoms with Gasteiger partial charge >= 0.3 is 0 Å². The number of nitriles is 1. The van der Waals surface area contributed by atoms with Crippen LogP contribution < -0.4 is 0 Å². The first-order valence-electron chi connectivity index (χ1n) is 7.43. The van der Waals surface area contributed by atoms with E-state index in [4.69, 9.17) is 4.74 Å². The third-order valence-corrected chi connectivity index (χ3v) is 4.06. The minimum atomic E-state index is -0.947. The fraction of sp³-hybridized carbons (Fsp3) is 0.412. The standard InChI is InChI=1S/C17H19N3O/c18-12-17(13-20-11-10-19-14-20,15-6-2-1-3-7-15)21-16-8-4-5-9-16/h1-3,6-7,10-11,14,16H,4-5,8-9,13H2. The summed E-state index contributed by atoms with van der Waals surface area (Å²) in [6.07, 6.45) is 9.95. The van der Waals surface area contributed by atoms with Gasteiger partial charge in [0.05, 0.1) is 19.0 Å². The Morgan fingerprint density at radius 2 is 2.05 bits per heavy atom. The van der Waals surface area contributed by atoms with Gasteiger partial charge in [-0.2, -0.15) is 5.26 Å². The van der Waals surface area contributed by atoms with Crippen molar-refractivity contribution in [2.45, 2.75) is 43.9 Å². The van der Waals surface area contributed by atoms with Crippen molar-refractivity contribution < 1.29 is 4.74 Å². The zero-order chi connectivity index (χ0) is 14.5. The van der Waals surface area contributed by atoms with E-state index in [0.717, 1.165) is 18.4 Å². The zero-order valence-corrected chi connectivity index (χ0v) is 12.0. The molecule has 0 saturated heterocycles. The van der Waals surface area contributed by atoms with Crippen LogP contribution in [-0.2, 0) is 16.9 Å². The van der Waals surface area contributed by atoms with Gasteiger partial charge in [0, 0.05) is 12.4 Å². The van der Waals surface area contributed by atoms with Crippen LogP contribution in [0.4, 0.5) is 0 Å². The molecule has 4 heteroatoms. The molecule has 2 aromatic rings. The Bertz CT molecular complexity index is 597. The van der Waals surface area contributed by atoms with Crippen molar-refractivity contribution in [3.63, 3.8) is 0 Å². The lowest BCUT2D eigenvalue weighted by Gasteiger charge is -2.31. The molecule has 0 aliphatic heterocycles. The predicted molar refractivity (Wildman–Crippen MR) is 79.3 cm³/mol. The molecule has 3 rings (SSSR count). The van der Waals surface area contributed by atoms with Crippen molar-refractivity contribution in [2.24, 2.45) is 0 Å². The lowest BCUT2D eigenvalue weighted by atomic mass is 9.94. The van der Waals surface area contributed by atoms with Crippen molar-refractivity contribution in [1.29, 1.82) is 5.26 Å². The Morgan fingerprint density at radius 3 is 2.67 bits per heavy atom. The van der Waals surface area contributed by atoms with Gasteiger partial charge in [0.25, 0.3) is 0 Å². The molecule has 1 heterocycles. The molecule has 1 unspecified atom stereocenters. The first kappa shape index (κ1) is 13.8. The molecule has 0 amide bonds. The molecule has 0 N–H and O–H groups in total. The predicted octanol–water partition coefficient (Wildman–Crippen LogP) is 3.26. The molecule has 4 nitrogen and oxygen atoms in total. The first-order chi connectivity index (χ1) is 10.3. The Labute approximate surface area is 125 Å². The van der Waals surface area contributed by atoms with Crippen molar-refractivity contribution in [2.75, 3.05) is 0 Å². The summed E-state index contributed by atoms with van der Waals surface area (Å²) in [7, 11) is 0. The highest BCUT2D eigenvalue weighted by molar-refractivity contribution is 5.29. The zero-order valence-electron chi connectivity index (χ0n) is 12.0. The Morgan fingerprint density at radius 1 is 1.29 bits per heavy atom. The molecule has 0 spiro atoms. The molecule has 1 fully saturated rings. The molecule has 1 atom stereocenters. The molecule has 0 bridgehead atoms. The number of hydrogen-bond donors (Lipinski definition) is 0. The van der Waals surface area contributed by atoms with Crippen LogP contribution in [0.2, 0.25) is 0 Å². The van der Waals surface area contributed by atoms with E-state index in [1.54, 1.807) is 12.5 Å². The van der Waals surface area contributed by atoms with Crippen LogP contribution >= 0.6 is 0 Å². The van der Waals surface area contributed by atoms with Gasteiger partial charge in [-0.1, -0.05) is 43.2 Å². The van der Waals surface area contributed by atoms with Gasteiger partial charge in [-0.25, -0.2) is 4.98 Å². The minimum absolute atomic E-state index is 0.174. The summed E-state index contributed by atoms with van der Waals surface area (Å²) < 4.78 is 8.21. The van der Waals surface area contributed by atoms with E-state index in [-0.39, 0.29) is 6.10 Å². The van der Waals surface area contributed by atoms with Gasteiger partial charge in [0.1, 0.15) is 6.07 Å². The van der Waals surface area contributed by atoms with Crippen LogP contribution in [0.3, 0.4) is 0 Å². The molecule has 1 aliphatic rings. The molecular weight excluding hydrogens is 262 g/mol. The Hall–Kier alpha value is -2.12. The van der Waals surface area contributed by atoms with Gasteiger partial charge < -0.3 is 9.30 Å². The second kappa shape index (κ2) is 6.11. The quantitative estimate of drug-likeness (QED) is 0.845. The van der Waals surface area contributed by atoms with Crippen LogP contribution in [0.1, 0.15) is 31.2 Å². The largest absolute Gasteiger partial charge is 0.351 e. The maximum Gasteiger partial charge on any atom is 0.197 e. The molecule has 0 radical (unpaired) electrons. The summed E-state index contributed by atoms with van der Waals surface area (Å²) >= 11 is 0. The van der Waals surface area contributed by atoms with Crippen molar-refractivity contribution in [3.8, 4) is 6.07 Å². The van der Waals surface area contributed by atoms with Crippen LogP contribution in [0, 0.1) is 11.3 Å².